The van der Waals surface area contributed by atoms with E-state index in [1.54, 1.807) is 0 Å². The van der Waals surface area contributed by atoms with Crippen molar-refractivity contribution in [3.8, 4) is 5.75 Å². The van der Waals surface area contributed by atoms with Crippen molar-refractivity contribution in [3.05, 3.63) is 120 Å². The summed E-state index contributed by atoms with van der Waals surface area (Å²) >= 11 is 1.86. The Morgan fingerprint density at radius 1 is 0.853 bits per heavy atom. The number of benzene rings is 4. The molecule has 0 spiro atoms. The van der Waals surface area contributed by atoms with Crippen molar-refractivity contribution >= 4 is 34.8 Å². The molecule has 1 amide bonds. The van der Waals surface area contributed by atoms with Crippen LogP contribution in [0.5, 0.6) is 5.75 Å². The van der Waals surface area contributed by atoms with Crippen molar-refractivity contribution in [1.29, 1.82) is 0 Å². The maximum Gasteiger partial charge on any atom is 0.262 e. The first-order chi connectivity index (χ1) is 16.7. The van der Waals surface area contributed by atoms with Crippen LogP contribution in [0.1, 0.15) is 22.8 Å². The van der Waals surface area contributed by atoms with Gasteiger partial charge in [-0.25, -0.2) is 0 Å². The van der Waals surface area contributed by atoms with Crippen LogP contribution in [0.25, 0.3) is 0 Å². The van der Waals surface area contributed by atoms with E-state index in [-0.39, 0.29) is 17.8 Å². The molecule has 4 nitrogen and oxygen atoms in total. The normalized spacial score (nSPS) is 14.9. The zero-order valence-electron chi connectivity index (χ0n) is 18.6. The zero-order valence-corrected chi connectivity index (χ0v) is 19.4. The van der Waals surface area contributed by atoms with Gasteiger partial charge in [0.05, 0.1) is 5.69 Å². The summed E-state index contributed by atoms with van der Waals surface area (Å²) in [5.74, 6) is 0.457. The molecule has 0 saturated heterocycles. The number of aliphatic imine (C=N–C) groups is 1. The maximum atomic E-state index is 12.2. The Morgan fingerprint density at radius 2 is 1.53 bits per heavy atom. The lowest BCUT2D eigenvalue weighted by atomic mass is 10.0. The maximum absolute atomic E-state index is 12.2. The highest BCUT2D eigenvalue weighted by molar-refractivity contribution is 7.99. The summed E-state index contributed by atoms with van der Waals surface area (Å²) in [5, 5.41) is 3.11. The molecule has 1 unspecified atom stereocenters. The van der Waals surface area contributed by atoms with Gasteiger partial charge in [0.15, 0.2) is 6.61 Å². The first-order valence-corrected chi connectivity index (χ1v) is 12.1. The number of carbonyl (C=O) groups is 1. The number of nitrogens with one attached hydrogen (secondary N) is 1. The standard InChI is InChI=1S/C29H24N2O2S/c32-29(30-23-11-5-2-6-12-23)20-33-24-17-15-21(16-18-24)26-19-28(22-9-3-1-4-10-22)34-27-14-8-7-13-25(27)31-26/h1-18,28H,19-20H2,(H,30,32). The van der Waals surface area contributed by atoms with E-state index in [4.69, 9.17) is 9.73 Å². The number of nitrogens with zero attached hydrogens (tertiary/aromatic N) is 1. The van der Waals surface area contributed by atoms with Gasteiger partial charge in [-0.2, -0.15) is 0 Å². The highest BCUT2D eigenvalue weighted by Crippen LogP contribution is 2.45. The van der Waals surface area contributed by atoms with E-state index in [0.29, 0.717) is 5.75 Å². The van der Waals surface area contributed by atoms with Crippen LogP contribution in [-0.4, -0.2) is 18.2 Å². The number of anilines is 1. The Bertz CT molecular complexity index is 1290. The summed E-state index contributed by atoms with van der Waals surface area (Å²) < 4.78 is 5.70. The molecule has 1 atom stereocenters. The number of rotatable bonds is 6. The van der Waals surface area contributed by atoms with E-state index < -0.39 is 0 Å². The summed E-state index contributed by atoms with van der Waals surface area (Å²) in [4.78, 5) is 18.4. The second-order valence-electron chi connectivity index (χ2n) is 7.97. The summed E-state index contributed by atoms with van der Waals surface area (Å²) in [7, 11) is 0. The molecule has 0 aliphatic carbocycles. The molecule has 0 radical (unpaired) electrons. The third-order valence-electron chi connectivity index (χ3n) is 5.56. The Kier molecular flexibility index (Phi) is 6.73. The van der Waals surface area contributed by atoms with Gasteiger partial charge in [-0.1, -0.05) is 60.7 Å². The van der Waals surface area contributed by atoms with Gasteiger partial charge in [0.25, 0.3) is 5.91 Å². The Morgan fingerprint density at radius 3 is 2.29 bits per heavy atom. The van der Waals surface area contributed by atoms with Crippen LogP contribution in [0, 0.1) is 0 Å². The van der Waals surface area contributed by atoms with E-state index in [0.717, 1.165) is 29.1 Å². The van der Waals surface area contributed by atoms with Gasteiger partial charge in [0.2, 0.25) is 0 Å². The zero-order chi connectivity index (χ0) is 23.2. The lowest BCUT2D eigenvalue weighted by Crippen LogP contribution is -2.20. The molecule has 1 N–H and O–H groups in total. The molecule has 1 heterocycles. The van der Waals surface area contributed by atoms with Gasteiger partial charge >= 0.3 is 0 Å². The van der Waals surface area contributed by atoms with E-state index in [1.165, 1.54) is 10.5 Å². The minimum Gasteiger partial charge on any atom is -0.484 e. The minimum absolute atomic E-state index is 0.0463. The van der Waals surface area contributed by atoms with Gasteiger partial charge in [-0.15, -0.1) is 11.8 Å². The SMILES string of the molecule is O=C(COc1ccc(C2=Nc3ccccc3SC(c3ccccc3)C2)cc1)Nc1ccccc1. The first-order valence-electron chi connectivity index (χ1n) is 11.2. The topological polar surface area (TPSA) is 50.7 Å². The fourth-order valence-electron chi connectivity index (χ4n) is 3.86. The smallest absolute Gasteiger partial charge is 0.262 e. The molecule has 0 aromatic heterocycles. The largest absolute Gasteiger partial charge is 0.484 e. The van der Waals surface area contributed by atoms with Gasteiger partial charge < -0.3 is 10.1 Å². The molecule has 5 heteroatoms. The molecule has 0 fully saturated rings. The van der Waals surface area contributed by atoms with Gasteiger partial charge in [-0.3, -0.25) is 9.79 Å². The predicted molar refractivity (Wildman–Crippen MR) is 139 cm³/mol. The van der Waals surface area contributed by atoms with Crippen molar-refractivity contribution in [2.45, 2.75) is 16.6 Å². The molecular weight excluding hydrogens is 440 g/mol. The molecule has 1 aliphatic rings. The van der Waals surface area contributed by atoms with Crippen LogP contribution in [-0.2, 0) is 4.79 Å². The third kappa shape index (κ3) is 5.38. The summed E-state index contributed by atoms with van der Waals surface area (Å²) in [6, 6.07) is 36.1. The van der Waals surface area contributed by atoms with Crippen LogP contribution >= 0.6 is 11.8 Å². The number of fused-ring (bicyclic) bond motifs is 1. The van der Waals surface area contributed by atoms with Crippen molar-refractivity contribution in [3.63, 3.8) is 0 Å². The van der Waals surface area contributed by atoms with Crippen LogP contribution < -0.4 is 10.1 Å². The number of hydrogen-bond acceptors (Lipinski definition) is 4. The fourth-order valence-corrected chi connectivity index (χ4v) is 5.09. The number of para-hydroxylation sites is 2. The average Bonchev–Trinajstić information content (AvgIpc) is 3.09. The molecular formula is C29H24N2O2S. The number of amides is 1. The lowest BCUT2D eigenvalue weighted by molar-refractivity contribution is -0.118. The Labute approximate surface area is 203 Å². The van der Waals surface area contributed by atoms with Crippen molar-refractivity contribution in [2.24, 2.45) is 4.99 Å². The molecule has 168 valence electrons. The lowest BCUT2D eigenvalue weighted by Gasteiger charge is -2.16. The van der Waals surface area contributed by atoms with Crippen molar-refractivity contribution in [2.75, 3.05) is 11.9 Å². The first kappa shape index (κ1) is 22.0. The summed E-state index contributed by atoms with van der Waals surface area (Å²) in [5.41, 5.74) is 5.14. The minimum atomic E-state index is -0.192. The quantitative estimate of drug-likeness (QED) is 0.332. The molecule has 0 saturated carbocycles. The van der Waals surface area contributed by atoms with Crippen molar-refractivity contribution < 1.29 is 9.53 Å². The van der Waals surface area contributed by atoms with E-state index in [2.05, 4.69) is 47.8 Å². The van der Waals surface area contributed by atoms with Crippen LogP contribution in [0.15, 0.2) is 119 Å². The Hall–Kier alpha value is -3.83. The number of thioether (sulfide) groups is 1. The second-order valence-corrected chi connectivity index (χ2v) is 9.22. The number of carbonyl (C=O) groups excluding carboxylic acids is 1. The molecule has 4 aromatic rings. The molecule has 1 aliphatic heterocycles. The molecule has 4 aromatic carbocycles. The third-order valence-corrected chi connectivity index (χ3v) is 6.88. The van der Waals surface area contributed by atoms with Gasteiger partial charge in [-0.05, 0) is 59.7 Å². The van der Waals surface area contributed by atoms with Crippen LogP contribution in [0.4, 0.5) is 11.4 Å². The van der Waals surface area contributed by atoms with Gasteiger partial charge in [0, 0.05) is 28.0 Å². The highest BCUT2D eigenvalue weighted by Gasteiger charge is 2.22. The van der Waals surface area contributed by atoms with E-state index >= 15 is 0 Å². The highest BCUT2D eigenvalue weighted by atomic mass is 32.2. The van der Waals surface area contributed by atoms with Crippen LogP contribution in [0.3, 0.4) is 0 Å². The number of hydrogen-bond donors (Lipinski definition) is 1. The monoisotopic (exact) mass is 464 g/mol. The summed E-state index contributed by atoms with van der Waals surface area (Å²) in [6.07, 6.45) is 0.822. The predicted octanol–water partition coefficient (Wildman–Crippen LogP) is 7.06. The fraction of sp³-hybridized carbons (Fsp3) is 0.103. The van der Waals surface area contributed by atoms with E-state index in [1.807, 2.05) is 78.5 Å². The Balaban J connectivity index is 1.31. The van der Waals surface area contributed by atoms with Crippen LogP contribution in [0.2, 0.25) is 0 Å². The number of ether oxygens (including phenoxy) is 1. The second kappa shape index (κ2) is 10.4. The average molecular weight is 465 g/mol. The van der Waals surface area contributed by atoms with Gasteiger partial charge in [0.1, 0.15) is 5.75 Å². The van der Waals surface area contributed by atoms with E-state index in [9.17, 15) is 4.79 Å². The summed E-state index contributed by atoms with van der Waals surface area (Å²) in [6.45, 7) is -0.0463. The molecule has 34 heavy (non-hydrogen) atoms. The molecule has 0 bridgehead atoms. The van der Waals surface area contributed by atoms with Crippen molar-refractivity contribution in [1.82, 2.24) is 0 Å². The molecule has 5 rings (SSSR count).